The highest BCUT2D eigenvalue weighted by atomic mass is 16.5. The summed E-state index contributed by atoms with van der Waals surface area (Å²) in [6.07, 6.45) is 2.33. The van der Waals surface area contributed by atoms with E-state index in [1.54, 1.807) is 7.11 Å². The molecule has 1 atom stereocenters. The van der Waals surface area contributed by atoms with Gasteiger partial charge in [-0.2, -0.15) is 0 Å². The van der Waals surface area contributed by atoms with E-state index in [1.165, 1.54) is 0 Å². The second-order valence-corrected chi connectivity index (χ2v) is 5.76. The van der Waals surface area contributed by atoms with Gasteiger partial charge in [0.25, 0.3) is 0 Å². The van der Waals surface area contributed by atoms with Crippen molar-refractivity contribution in [3.63, 3.8) is 0 Å². The lowest BCUT2D eigenvalue weighted by Crippen LogP contribution is -2.50. The monoisotopic (exact) mass is 272 g/mol. The number of nitrogens with zero attached hydrogens (tertiary/aromatic N) is 1. The molecule has 1 aliphatic heterocycles. The summed E-state index contributed by atoms with van der Waals surface area (Å²) in [4.78, 5) is 2.55. The van der Waals surface area contributed by atoms with Gasteiger partial charge in [0.1, 0.15) is 0 Å². The molecule has 0 bridgehead atoms. The summed E-state index contributed by atoms with van der Waals surface area (Å²) in [5.41, 5.74) is 0.367. The van der Waals surface area contributed by atoms with Gasteiger partial charge in [-0.15, -0.1) is 0 Å². The summed E-state index contributed by atoms with van der Waals surface area (Å²) < 4.78 is 10.9. The van der Waals surface area contributed by atoms with Gasteiger partial charge in [0, 0.05) is 39.5 Å². The maximum atomic E-state index is 5.56. The molecule has 1 rings (SSSR count). The molecule has 1 fully saturated rings. The van der Waals surface area contributed by atoms with Crippen LogP contribution in [0.15, 0.2) is 0 Å². The summed E-state index contributed by atoms with van der Waals surface area (Å²) >= 11 is 0. The largest absolute Gasteiger partial charge is 0.383 e. The Kier molecular flexibility index (Phi) is 7.91. The van der Waals surface area contributed by atoms with E-state index in [4.69, 9.17) is 9.47 Å². The van der Waals surface area contributed by atoms with Crippen LogP contribution in [0.1, 0.15) is 33.6 Å². The van der Waals surface area contributed by atoms with E-state index in [9.17, 15) is 0 Å². The van der Waals surface area contributed by atoms with Crippen molar-refractivity contribution < 1.29 is 9.47 Å². The molecule has 0 aromatic rings. The van der Waals surface area contributed by atoms with E-state index >= 15 is 0 Å². The Hall–Kier alpha value is -0.160. The van der Waals surface area contributed by atoms with Crippen molar-refractivity contribution in [3.05, 3.63) is 0 Å². The van der Waals surface area contributed by atoms with Crippen LogP contribution in [0.2, 0.25) is 0 Å². The van der Waals surface area contributed by atoms with Crippen molar-refractivity contribution in [2.24, 2.45) is 5.41 Å². The van der Waals surface area contributed by atoms with E-state index in [-0.39, 0.29) is 0 Å². The van der Waals surface area contributed by atoms with Gasteiger partial charge in [-0.25, -0.2) is 0 Å². The van der Waals surface area contributed by atoms with Crippen molar-refractivity contribution >= 4 is 0 Å². The Labute approximate surface area is 118 Å². The lowest BCUT2D eigenvalue weighted by Gasteiger charge is -2.42. The fraction of sp³-hybridized carbons (Fsp3) is 1.00. The van der Waals surface area contributed by atoms with Gasteiger partial charge < -0.3 is 14.8 Å². The summed E-state index contributed by atoms with van der Waals surface area (Å²) in [7, 11) is 1.78. The summed E-state index contributed by atoms with van der Waals surface area (Å²) in [6, 6.07) is 0.483. The maximum Gasteiger partial charge on any atom is 0.0615 e. The minimum absolute atomic E-state index is 0.367. The van der Waals surface area contributed by atoms with Crippen LogP contribution in [-0.2, 0) is 9.47 Å². The second-order valence-electron chi connectivity index (χ2n) is 5.76. The third kappa shape index (κ3) is 5.38. The Bertz CT molecular complexity index is 230. The van der Waals surface area contributed by atoms with Crippen LogP contribution in [-0.4, -0.2) is 64.1 Å². The molecular weight excluding hydrogens is 240 g/mol. The number of hydrogen-bond donors (Lipinski definition) is 1. The topological polar surface area (TPSA) is 33.7 Å². The molecule has 0 saturated carbocycles. The zero-order valence-electron chi connectivity index (χ0n) is 13.2. The molecule has 1 heterocycles. The molecule has 4 nitrogen and oxygen atoms in total. The maximum absolute atomic E-state index is 5.56. The smallest absolute Gasteiger partial charge is 0.0615 e. The van der Waals surface area contributed by atoms with Gasteiger partial charge in [0.15, 0.2) is 0 Å². The normalized spacial score (nSPS) is 20.7. The van der Waals surface area contributed by atoms with Crippen LogP contribution >= 0.6 is 0 Å². The SMILES string of the molecule is CCNCC1(CN(CC)C(C)COC)CCOCC1. The predicted octanol–water partition coefficient (Wildman–Crippen LogP) is 1.75. The lowest BCUT2D eigenvalue weighted by molar-refractivity contribution is -0.0160. The highest BCUT2D eigenvalue weighted by molar-refractivity contribution is 4.88. The van der Waals surface area contributed by atoms with Gasteiger partial charge in [-0.1, -0.05) is 13.8 Å². The number of methoxy groups -OCH3 is 1. The van der Waals surface area contributed by atoms with Gasteiger partial charge in [0.05, 0.1) is 6.61 Å². The molecule has 4 heteroatoms. The first-order chi connectivity index (χ1) is 9.17. The van der Waals surface area contributed by atoms with Crippen molar-refractivity contribution in [3.8, 4) is 0 Å². The molecule has 0 amide bonds. The Morgan fingerprint density at radius 2 is 2.00 bits per heavy atom. The number of ether oxygens (including phenoxy) is 2. The van der Waals surface area contributed by atoms with Crippen LogP contribution in [0, 0.1) is 5.41 Å². The van der Waals surface area contributed by atoms with Gasteiger partial charge in [-0.05, 0) is 38.3 Å². The fourth-order valence-electron chi connectivity index (χ4n) is 2.94. The van der Waals surface area contributed by atoms with Crippen molar-refractivity contribution in [2.45, 2.75) is 39.7 Å². The van der Waals surface area contributed by atoms with E-state index in [0.29, 0.717) is 11.5 Å². The molecule has 0 aromatic heterocycles. The molecule has 1 unspecified atom stereocenters. The molecule has 0 spiro atoms. The third-order valence-electron chi connectivity index (χ3n) is 4.28. The Morgan fingerprint density at radius 3 is 2.53 bits per heavy atom. The first kappa shape index (κ1) is 16.9. The van der Waals surface area contributed by atoms with Gasteiger partial charge in [-0.3, -0.25) is 4.90 Å². The average molecular weight is 272 g/mol. The predicted molar refractivity (Wildman–Crippen MR) is 79.6 cm³/mol. The van der Waals surface area contributed by atoms with Crippen LogP contribution in [0.4, 0.5) is 0 Å². The summed E-state index contributed by atoms with van der Waals surface area (Å²) in [6.45, 7) is 13.7. The molecule has 1 aliphatic rings. The van der Waals surface area contributed by atoms with Crippen LogP contribution in [0.5, 0.6) is 0 Å². The molecule has 0 aliphatic carbocycles. The average Bonchev–Trinajstić information content (AvgIpc) is 2.44. The summed E-state index contributed by atoms with van der Waals surface area (Å²) in [5.74, 6) is 0. The molecular formula is C15H32N2O2. The minimum atomic E-state index is 0.367. The molecule has 0 radical (unpaired) electrons. The first-order valence-corrected chi connectivity index (χ1v) is 7.69. The van der Waals surface area contributed by atoms with Crippen LogP contribution in [0.3, 0.4) is 0 Å². The van der Waals surface area contributed by atoms with E-state index in [0.717, 1.165) is 58.8 Å². The molecule has 1 saturated heterocycles. The van der Waals surface area contributed by atoms with E-state index < -0.39 is 0 Å². The number of hydrogen-bond acceptors (Lipinski definition) is 4. The van der Waals surface area contributed by atoms with Crippen molar-refractivity contribution in [1.82, 2.24) is 10.2 Å². The van der Waals surface area contributed by atoms with E-state index in [2.05, 4.69) is 31.0 Å². The minimum Gasteiger partial charge on any atom is -0.383 e. The first-order valence-electron chi connectivity index (χ1n) is 7.69. The number of rotatable bonds is 9. The number of nitrogens with one attached hydrogen (secondary N) is 1. The van der Waals surface area contributed by atoms with E-state index in [1.807, 2.05) is 0 Å². The van der Waals surface area contributed by atoms with Crippen molar-refractivity contribution in [1.29, 1.82) is 0 Å². The third-order valence-corrected chi connectivity index (χ3v) is 4.28. The summed E-state index contributed by atoms with van der Waals surface area (Å²) in [5, 5.41) is 3.55. The number of likely N-dealkylation sites (N-methyl/N-ethyl adjacent to an activating group) is 1. The lowest BCUT2D eigenvalue weighted by atomic mass is 9.79. The Morgan fingerprint density at radius 1 is 1.32 bits per heavy atom. The quantitative estimate of drug-likeness (QED) is 0.693. The molecule has 0 aromatic carbocycles. The van der Waals surface area contributed by atoms with Crippen LogP contribution in [0.25, 0.3) is 0 Å². The second kappa shape index (κ2) is 8.90. The van der Waals surface area contributed by atoms with Gasteiger partial charge in [0.2, 0.25) is 0 Å². The fourth-order valence-corrected chi connectivity index (χ4v) is 2.94. The van der Waals surface area contributed by atoms with Crippen molar-refractivity contribution in [2.75, 3.05) is 53.1 Å². The van der Waals surface area contributed by atoms with Crippen LogP contribution < -0.4 is 5.32 Å². The standard InChI is InChI=1S/C15H32N2O2/c1-5-16-12-15(7-9-19-10-8-15)13-17(6-2)14(3)11-18-4/h14,16H,5-13H2,1-4H3. The highest BCUT2D eigenvalue weighted by Crippen LogP contribution is 2.31. The van der Waals surface area contributed by atoms with Gasteiger partial charge >= 0.3 is 0 Å². The zero-order chi connectivity index (χ0) is 14.1. The molecule has 19 heavy (non-hydrogen) atoms. The highest BCUT2D eigenvalue weighted by Gasteiger charge is 2.34. The molecule has 114 valence electrons. The molecule has 1 N–H and O–H groups in total. The Balaban J connectivity index is 2.62. The zero-order valence-corrected chi connectivity index (χ0v) is 13.2.